The summed E-state index contributed by atoms with van der Waals surface area (Å²) in [7, 11) is 1.86. The Balaban J connectivity index is 2.26. The van der Waals surface area contributed by atoms with Gasteiger partial charge in [-0.15, -0.1) is 0 Å². The zero-order chi connectivity index (χ0) is 13.5. The van der Waals surface area contributed by atoms with Crippen molar-refractivity contribution in [2.45, 2.75) is 25.7 Å². The van der Waals surface area contributed by atoms with E-state index >= 15 is 0 Å². The molecule has 2 rings (SSSR count). The van der Waals surface area contributed by atoms with Gasteiger partial charge in [0.15, 0.2) is 0 Å². The van der Waals surface area contributed by atoms with Gasteiger partial charge in [-0.1, -0.05) is 13.8 Å². The Morgan fingerprint density at radius 1 is 1.72 bits per heavy atom. The predicted molar refractivity (Wildman–Crippen MR) is 68.0 cm³/mol. The van der Waals surface area contributed by atoms with Crippen molar-refractivity contribution in [1.29, 1.82) is 0 Å². The van der Waals surface area contributed by atoms with Gasteiger partial charge in [0.2, 0.25) is 0 Å². The van der Waals surface area contributed by atoms with Gasteiger partial charge in [0.05, 0.1) is 12.0 Å². The van der Waals surface area contributed by atoms with Crippen molar-refractivity contribution in [3.8, 4) is 0 Å². The smallest absolute Gasteiger partial charge is 0.316 e. The van der Waals surface area contributed by atoms with Gasteiger partial charge in [-0.3, -0.25) is 4.79 Å². The van der Waals surface area contributed by atoms with E-state index < -0.39 is 11.4 Å². The van der Waals surface area contributed by atoms with Gasteiger partial charge in [0.25, 0.3) is 0 Å². The number of aromatic nitrogens is 2. The average Bonchev–Trinajstić information content (AvgIpc) is 2.97. The quantitative estimate of drug-likeness (QED) is 0.817. The van der Waals surface area contributed by atoms with Gasteiger partial charge in [-0.2, -0.15) is 0 Å². The van der Waals surface area contributed by atoms with Crippen molar-refractivity contribution in [3.63, 3.8) is 0 Å². The number of carbonyl (C=O) groups is 1. The van der Waals surface area contributed by atoms with Crippen LogP contribution in [0.2, 0.25) is 0 Å². The molecule has 1 aromatic rings. The fourth-order valence-corrected chi connectivity index (χ4v) is 2.83. The minimum Gasteiger partial charge on any atom is -0.481 e. The third-order valence-electron chi connectivity index (χ3n) is 4.46. The molecule has 18 heavy (non-hydrogen) atoms. The van der Waals surface area contributed by atoms with Crippen LogP contribution in [0, 0.1) is 17.8 Å². The Bertz CT molecular complexity index is 457. The maximum Gasteiger partial charge on any atom is 0.316 e. The number of nitrogens with zero attached hydrogens (tertiary/aromatic N) is 2. The van der Waals surface area contributed by atoms with Gasteiger partial charge in [-0.05, 0) is 30.7 Å². The van der Waals surface area contributed by atoms with Crippen LogP contribution in [0.15, 0.2) is 12.5 Å². The zero-order valence-electron chi connectivity index (χ0n) is 11.1. The molecule has 1 aromatic heterocycles. The molecule has 4 atom stereocenters. The van der Waals surface area contributed by atoms with Gasteiger partial charge < -0.3 is 15.4 Å². The summed E-state index contributed by atoms with van der Waals surface area (Å²) in [5.41, 5.74) is 5.57. The standard InChI is InChI=1S/C13H21N3O2/c1-8(5-14)9(2)10-4-13(10,12(17)18)11-6-16(3)7-15-11/h6-10H,4-5,14H2,1-3H3,(H,17,18). The normalized spacial score (nSPS) is 29.9. The molecule has 0 aromatic carbocycles. The minimum absolute atomic E-state index is 0.142. The number of aryl methyl sites for hydroxylation is 1. The molecule has 0 aliphatic heterocycles. The number of nitrogens with two attached hydrogens (primary N) is 1. The first-order valence-corrected chi connectivity index (χ1v) is 6.35. The van der Waals surface area contributed by atoms with E-state index in [1.807, 2.05) is 13.2 Å². The molecular formula is C13H21N3O2. The van der Waals surface area contributed by atoms with Crippen LogP contribution in [0.1, 0.15) is 26.0 Å². The second kappa shape index (κ2) is 4.39. The molecule has 100 valence electrons. The molecule has 4 unspecified atom stereocenters. The fraction of sp³-hybridized carbons (Fsp3) is 0.692. The molecule has 1 fully saturated rings. The monoisotopic (exact) mass is 251 g/mol. The molecule has 0 saturated heterocycles. The maximum absolute atomic E-state index is 11.6. The summed E-state index contributed by atoms with van der Waals surface area (Å²) in [5.74, 6) is 0.0127. The van der Waals surface area contributed by atoms with Gasteiger partial charge in [0, 0.05) is 13.2 Å². The summed E-state index contributed by atoms with van der Waals surface area (Å²) in [6, 6.07) is 0. The number of aliphatic carboxylic acids is 1. The van der Waals surface area contributed by atoms with Gasteiger partial charge >= 0.3 is 5.97 Å². The van der Waals surface area contributed by atoms with E-state index in [-0.39, 0.29) is 5.92 Å². The Hall–Kier alpha value is -1.36. The summed E-state index contributed by atoms with van der Waals surface area (Å²) >= 11 is 0. The van der Waals surface area contributed by atoms with Crippen LogP contribution in [0.25, 0.3) is 0 Å². The average molecular weight is 251 g/mol. The highest BCUT2D eigenvalue weighted by Crippen LogP contribution is 2.58. The topological polar surface area (TPSA) is 81.1 Å². The van der Waals surface area contributed by atoms with Crippen molar-refractivity contribution in [2.24, 2.45) is 30.5 Å². The highest BCUT2D eigenvalue weighted by Gasteiger charge is 2.65. The second-order valence-corrected chi connectivity index (χ2v) is 5.58. The number of carboxylic acid groups (broad SMARTS) is 1. The number of rotatable bonds is 5. The summed E-state index contributed by atoms with van der Waals surface area (Å²) in [6.07, 6.45) is 4.14. The van der Waals surface area contributed by atoms with Crippen molar-refractivity contribution < 1.29 is 9.90 Å². The third-order valence-corrected chi connectivity index (χ3v) is 4.46. The Labute approximate surface area is 107 Å². The van der Waals surface area contributed by atoms with Crippen LogP contribution in [0.3, 0.4) is 0 Å². The van der Waals surface area contributed by atoms with E-state index in [1.54, 1.807) is 10.9 Å². The molecule has 1 heterocycles. The fourth-order valence-electron chi connectivity index (χ4n) is 2.83. The molecule has 1 saturated carbocycles. The first kappa shape index (κ1) is 13.1. The number of hydrogen-bond donors (Lipinski definition) is 2. The Morgan fingerprint density at radius 3 is 2.83 bits per heavy atom. The van der Waals surface area contributed by atoms with E-state index in [4.69, 9.17) is 5.73 Å². The zero-order valence-corrected chi connectivity index (χ0v) is 11.1. The molecule has 1 aliphatic carbocycles. The first-order valence-electron chi connectivity index (χ1n) is 6.35. The van der Waals surface area contributed by atoms with E-state index in [0.29, 0.717) is 30.5 Å². The lowest BCUT2D eigenvalue weighted by Gasteiger charge is -2.20. The SMILES string of the molecule is CC(CN)C(C)C1CC1(C(=O)O)c1cn(C)cn1. The Kier molecular flexibility index (Phi) is 3.19. The van der Waals surface area contributed by atoms with Gasteiger partial charge in [0.1, 0.15) is 5.41 Å². The van der Waals surface area contributed by atoms with Crippen LogP contribution < -0.4 is 5.73 Å². The van der Waals surface area contributed by atoms with Crippen molar-refractivity contribution >= 4 is 5.97 Å². The largest absolute Gasteiger partial charge is 0.481 e. The lowest BCUT2D eigenvalue weighted by atomic mass is 9.85. The predicted octanol–water partition coefficient (Wildman–Crippen LogP) is 0.993. The molecule has 5 heteroatoms. The maximum atomic E-state index is 11.6. The van der Waals surface area contributed by atoms with Gasteiger partial charge in [-0.25, -0.2) is 4.98 Å². The van der Waals surface area contributed by atoms with E-state index in [1.165, 1.54) is 0 Å². The number of hydrogen-bond acceptors (Lipinski definition) is 3. The lowest BCUT2D eigenvalue weighted by molar-refractivity contribution is -0.140. The van der Waals surface area contributed by atoms with Crippen molar-refractivity contribution in [2.75, 3.05) is 6.54 Å². The van der Waals surface area contributed by atoms with Crippen molar-refractivity contribution in [1.82, 2.24) is 9.55 Å². The summed E-state index contributed by atoms with van der Waals surface area (Å²) in [6.45, 7) is 4.76. The molecule has 0 amide bonds. The highest BCUT2D eigenvalue weighted by molar-refractivity contribution is 5.85. The number of carboxylic acids is 1. The Morgan fingerprint density at radius 2 is 2.39 bits per heavy atom. The molecule has 3 N–H and O–H groups in total. The van der Waals surface area contributed by atoms with Crippen molar-refractivity contribution in [3.05, 3.63) is 18.2 Å². The molecule has 1 aliphatic rings. The summed E-state index contributed by atoms with van der Waals surface area (Å²) in [5, 5.41) is 9.56. The summed E-state index contributed by atoms with van der Waals surface area (Å²) < 4.78 is 1.80. The highest BCUT2D eigenvalue weighted by atomic mass is 16.4. The second-order valence-electron chi connectivity index (χ2n) is 5.58. The van der Waals surface area contributed by atoms with E-state index in [0.717, 1.165) is 0 Å². The first-order chi connectivity index (χ1) is 8.43. The number of imidazole rings is 1. The third kappa shape index (κ3) is 1.82. The van der Waals surface area contributed by atoms with Crippen LogP contribution >= 0.6 is 0 Å². The van der Waals surface area contributed by atoms with Crippen LogP contribution in [0.4, 0.5) is 0 Å². The minimum atomic E-state index is -0.788. The van der Waals surface area contributed by atoms with E-state index in [9.17, 15) is 9.90 Å². The molecule has 0 radical (unpaired) electrons. The van der Waals surface area contributed by atoms with Crippen LogP contribution in [-0.2, 0) is 17.3 Å². The van der Waals surface area contributed by atoms with E-state index in [2.05, 4.69) is 18.8 Å². The molecule has 5 nitrogen and oxygen atoms in total. The lowest BCUT2D eigenvalue weighted by Crippen LogP contribution is -2.28. The molecule has 0 bridgehead atoms. The van der Waals surface area contributed by atoms with Crippen LogP contribution in [-0.4, -0.2) is 27.2 Å². The summed E-state index contributed by atoms with van der Waals surface area (Å²) in [4.78, 5) is 15.9. The molecule has 0 spiro atoms. The van der Waals surface area contributed by atoms with Crippen LogP contribution in [0.5, 0.6) is 0 Å². The molecular weight excluding hydrogens is 230 g/mol.